The van der Waals surface area contributed by atoms with Crippen molar-refractivity contribution in [3.05, 3.63) is 59.7 Å². The van der Waals surface area contributed by atoms with Gasteiger partial charge >= 0.3 is 0 Å². The lowest BCUT2D eigenvalue weighted by atomic mass is 9.90. The van der Waals surface area contributed by atoms with E-state index in [1.165, 1.54) is 30.3 Å². The molecule has 7 heteroatoms. The van der Waals surface area contributed by atoms with Gasteiger partial charge in [0.15, 0.2) is 23.1 Å². The predicted octanol–water partition coefficient (Wildman–Crippen LogP) is 2.88. The minimum absolute atomic E-state index is 0.0583. The fourth-order valence-corrected chi connectivity index (χ4v) is 2.70. The van der Waals surface area contributed by atoms with Crippen LogP contribution in [0.5, 0.6) is 11.5 Å². The first-order chi connectivity index (χ1) is 12.5. The van der Waals surface area contributed by atoms with Crippen LogP contribution in [0.15, 0.2) is 42.5 Å². The van der Waals surface area contributed by atoms with Gasteiger partial charge < -0.3 is 20.5 Å². The molecule has 2 aromatic carbocycles. The van der Waals surface area contributed by atoms with E-state index in [0.717, 1.165) is 0 Å². The van der Waals surface area contributed by atoms with E-state index in [1.54, 1.807) is 12.1 Å². The zero-order valence-electron chi connectivity index (χ0n) is 14.1. The summed E-state index contributed by atoms with van der Waals surface area (Å²) < 4.78 is 38.3. The van der Waals surface area contributed by atoms with Crippen LogP contribution in [0.3, 0.4) is 0 Å². The van der Waals surface area contributed by atoms with Crippen molar-refractivity contribution in [2.45, 2.75) is 24.9 Å². The van der Waals surface area contributed by atoms with Gasteiger partial charge in [-0.25, -0.2) is 8.78 Å². The van der Waals surface area contributed by atoms with Gasteiger partial charge in [-0.15, -0.1) is 0 Å². The Hall–Kier alpha value is -2.51. The normalized spacial score (nSPS) is 16.1. The molecule has 0 aliphatic carbocycles. The maximum atomic E-state index is 14.2. The Morgan fingerprint density at radius 2 is 1.81 bits per heavy atom. The third-order valence-electron chi connectivity index (χ3n) is 4.34. The van der Waals surface area contributed by atoms with Gasteiger partial charge in [0.1, 0.15) is 0 Å². The molecule has 0 atom stereocenters. The van der Waals surface area contributed by atoms with Crippen LogP contribution in [0.2, 0.25) is 0 Å². The van der Waals surface area contributed by atoms with Crippen molar-refractivity contribution >= 4 is 5.91 Å². The number of halogens is 2. The number of nitrogens with one attached hydrogen (secondary N) is 1. The first-order valence-electron chi connectivity index (χ1n) is 8.34. The summed E-state index contributed by atoms with van der Waals surface area (Å²) in [7, 11) is 0. The predicted molar refractivity (Wildman–Crippen MR) is 91.7 cm³/mol. The van der Waals surface area contributed by atoms with Crippen LogP contribution >= 0.6 is 0 Å². The highest BCUT2D eigenvalue weighted by Gasteiger charge is 2.35. The number of carbonyl (C=O) groups is 1. The number of carbonyl (C=O) groups excluding carboxylic acids is 1. The fraction of sp³-hybridized carbons (Fsp3) is 0.316. The lowest BCUT2D eigenvalue weighted by Crippen LogP contribution is -2.56. The Kier molecular flexibility index (Phi) is 5.49. The van der Waals surface area contributed by atoms with Crippen molar-refractivity contribution in [2.75, 3.05) is 13.2 Å². The average molecular weight is 362 g/mol. The summed E-state index contributed by atoms with van der Waals surface area (Å²) >= 11 is 0. The van der Waals surface area contributed by atoms with E-state index in [-0.39, 0.29) is 24.0 Å². The number of rotatable bonds is 5. The maximum absolute atomic E-state index is 14.2. The van der Waals surface area contributed by atoms with Gasteiger partial charge in [0.05, 0.1) is 5.54 Å². The molecule has 1 heterocycles. The number of ether oxygens (including phenoxy) is 2. The molecule has 3 rings (SSSR count). The van der Waals surface area contributed by atoms with Crippen molar-refractivity contribution in [3.8, 4) is 11.5 Å². The number of hydrogen-bond acceptors (Lipinski definition) is 4. The van der Waals surface area contributed by atoms with Crippen molar-refractivity contribution in [1.82, 2.24) is 5.32 Å². The molecule has 0 bridgehead atoms. The van der Waals surface area contributed by atoms with E-state index >= 15 is 0 Å². The fourth-order valence-electron chi connectivity index (χ4n) is 2.70. The lowest BCUT2D eigenvalue weighted by Gasteiger charge is -2.31. The zero-order chi connectivity index (χ0) is 18.6. The highest BCUT2D eigenvalue weighted by molar-refractivity contribution is 5.86. The second-order valence-corrected chi connectivity index (χ2v) is 6.25. The molecule has 0 aromatic heterocycles. The quantitative estimate of drug-likeness (QED) is 0.858. The second-order valence-electron chi connectivity index (χ2n) is 6.25. The Morgan fingerprint density at radius 3 is 2.50 bits per heavy atom. The monoisotopic (exact) mass is 362 g/mol. The highest BCUT2D eigenvalue weighted by atomic mass is 19.1. The first kappa shape index (κ1) is 18.3. The molecule has 2 aromatic rings. The van der Waals surface area contributed by atoms with Gasteiger partial charge in [-0.1, -0.05) is 18.2 Å². The van der Waals surface area contributed by atoms with Gasteiger partial charge in [-0.2, -0.15) is 0 Å². The van der Waals surface area contributed by atoms with Crippen LogP contribution in [-0.2, 0) is 16.1 Å². The summed E-state index contributed by atoms with van der Waals surface area (Å²) in [6, 6.07) is 10.0. The summed E-state index contributed by atoms with van der Waals surface area (Å²) in [6.07, 6.45) is 0.894. The molecule has 5 nitrogen and oxygen atoms in total. The van der Waals surface area contributed by atoms with Gasteiger partial charge in [-0.3, -0.25) is 4.79 Å². The van der Waals surface area contributed by atoms with E-state index in [9.17, 15) is 13.6 Å². The topological polar surface area (TPSA) is 73.6 Å². The largest absolute Gasteiger partial charge is 0.451 e. The van der Waals surface area contributed by atoms with Crippen molar-refractivity contribution < 1.29 is 23.0 Å². The van der Waals surface area contributed by atoms with Gasteiger partial charge in [0.2, 0.25) is 5.91 Å². The van der Waals surface area contributed by atoms with Crippen molar-refractivity contribution in [1.29, 1.82) is 0 Å². The Labute approximate surface area is 150 Å². The van der Waals surface area contributed by atoms with Gasteiger partial charge in [0, 0.05) is 19.8 Å². The number of benzene rings is 2. The molecule has 0 radical (unpaired) electrons. The molecule has 0 unspecified atom stereocenters. The minimum atomic E-state index is -0.954. The average Bonchev–Trinajstić information content (AvgIpc) is 2.64. The summed E-state index contributed by atoms with van der Waals surface area (Å²) in [6.45, 7) is 1.02. The highest BCUT2D eigenvalue weighted by Crippen LogP contribution is 2.27. The van der Waals surface area contributed by atoms with Crippen LogP contribution in [0.4, 0.5) is 8.78 Å². The minimum Gasteiger partial charge on any atom is -0.451 e. The van der Waals surface area contributed by atoms with Crippen molar-refractivity contribution in [2.24, 2.45) is 5.73 Å². The molecular formula is C19H20F2N2O3. The van der Waals surface area contributed by atoms with Crippen LogP contribution in [-0.4, -0.2) is 24.7 Å². The third-order valence-corrected chi connectivity index (χ3v) is 4.34. The lowest BCUT2D eigenvalue weighted by molar-refractivity contribution is -0.129. The van der Waals surface area contributed by atoms with Crippen LogP contribution in [0.25, 0.3) is 0 Å². The molecule has 3 N–H and O–H groups in total. The second kappa shape index (κ2) is 7.80. The summed E-state index contributed by atoms with van der Waals surface area (Å²) in [4.78, 5) is 12.3. The molecule has 1 saturated heterocycles. The summed E-state index contributed by atoms with van der Waals surface area (Å²) in [5.41, 5.74) is 5.69. The van der Waals surface area contributed by atoms with E-state index in [1.807, 2.05) is 0 Å². The summed E-state index contributed by atoms with van der Waals surface area (Å²) in [5.74, 6) is -1.66. The molecular weight excluding hydrogens is 342 g/mol. The Bertz CT molecular complexity index is 792. The van der Waals surface area contributed by atoms with Gasteiger partial charge in [0.25, 0.3) is 0 Å². The number of nitrogens with two attached hydrogens (primary N) is 1. The first-order valence-corrected chi connectivity index (χ1v) is 8.34. The number of para-hydroxylation sites is 1. The molecule has 1 aliphatic heterocycles. The number of hydrogen-bond donors (Lipinski definition) is 2. The van der Waals surface area contributed by atoms with E-state index in [0.29, 0.717) is 31.6 Å². The van der Waals surface area contributed by atoms with Crippen LogP contribution < -0.4 is 15.8 Å². The maximum Gasteiger partial charge on any atom is 0.240 e. The molecule has 0 spiro atoms. The molecule has 1 amide bonds. The van der Waals surface area contributed by atoms with E-state index < -0.39 is 17.2 Å². The SMILES string of the molecule is NC1(C(=O)NCc2ccc(Oc3ccccc3F)c(F)c2)CCOCC1. The van der Waals surface area contributed by atoms with Gasteiger partial charge in [-0.05, 0) is 42.7 Å². The third kappa shape index (κ3) is 4.17. The van der Waals surface area contributed by atoms with E-state index in [2.05, 4.69) is 5.32 Å². The van der Waals surface area contributed by atoms with Crippen LogP contribution in [0.1, 0.15) is 18.4 Å². The molecule has 0 saturated carbocycles. The Morgan fingerprint density at radius 1 is 1.12 bits per heavy atom. The smallest absolute Gasteiger partial charge is 0.240 e. The van der Waals surface area contributed by atoms with Crippen LogP contribution in [0, 0.1) is 11.6 Å². The number of amides is 1. The molecule has 1 aliphatic rings. The standard InChI is InChI=1S/C19H20F2N2O3/c20-14-3-1-2-4-16(14)26-17-6-5-13(11-15(17)21)12-23-18(24)19(22)7-9-25-10-8-19/h1-6,11H,7-10,12,22H2,(H,23,24). The molecule has 26 heavy (non-hydrogen) atoms. The van der Waals surface area contributed by atoms with Crippen molar-refractivity contribution in [3.63, 3.8) is 0 Å². The molecule has 138 valence electrons. The molecule has 1 fully saturated rings. The zero-order valence-corrected chi connectivity index (χ0v) is 14.1. The summed E-state index contributed by atoms with van der Waals surface area (Å²) in [5, 5.41) is 2.73. The van der Waals surface area contributed by atoms with E-state index in [4.69, 9.17) is 15.2 Å². The Balaban J connectivity index is 1.62.